The van der Waals surface area contributed by atoms with Gasteiger partial charge in [-0.05, 0) is 18.2 Å². The second-order valence-electron chi connectivity index (χ2n) is 6.51. The number of hydrogen-bond donors (Lipinski definition) is 1. The molecule has 1 amide bonds. The maximum Gasteiger partial charge on any atom is 0.256 e. The molecule has 1 aromatic carbocycles. The molecule has 1 aliphatic heterocycles. The largest absolute Gasteiger partial charge is 0.378 e. The van der Waals surface area contributed by atoms with E-state index >= 15 is 0 Å². The summed E-state index contributed by atoms with van der Waals surface area (Å²) in [5.41, 5.74) is 1.85. The Morgan fingerprint density at radius 2 is 2.04 bits per heavy atom. The Labute approximate surface area is 158 Å². The van der Waals surface area contributed by atoms with Crippen LogP contribution in [0.2, 0.25) is 0 Å². The van der Waals surface area contributed by atoms with E-state index < -0.39 is 10.0 Å². The van der Waals surface area contributed by atoms with Gasteiger partial charge in [0.1, 0.15) is 0 Å². The first kappa shape index (κ1) is 19.3. The van der Waals surface area contributed by atoms with Crippen LogP contribution in [0, 0.1) is 0 Å². The van der Waals surface area contributed by atoms with Crippen LogP contribution >= 0.6 is 0 Å². The summed E-state index contributed by atoms with van der Waals surface area (Å²) in [4.78, 5) is 16.6. The van der Waals surface area contributed by atoms with Gasteiger partial charge in [-0.2, -0.15) is 5.10 Å². The van der Waals surface area contributed by atoms with Gasteiger partial charge in [0.05, 0.1) is 29.9 Å². The molecule has 9 nitrogen and oxygen atoms in total. The minimum absolute atomic E-state index is 0.0855. The Bertz CT molecular complexity index is 935. The maximum atomic E-state index is 13.1. The molecule has 3 rings (SSSR count). The van der Waals surface area contributed by atoms with E-state index in [9.17, 15) is 13.2 Å². The average Bonchev–Trinajstić information content (AvgIpc) is 3.05. The predicted octanol–water partition coefficient (Wildman–Crippen LogP) is 0.176. The van der Waals surface area contributed by atoms with Gasteiger partial charge in [-0.3, -0.25) is 9.48 Å². The highest BCUT2D eigenvalue weighted by atomic mass is 32.2. The molecule has 0 unspecified atom stereocenters. The zero-order chi connectivity index (χ0) is 19.6. The van der Waals surface area contributed by atoms with Crippen LogP contribution in [0.1, 0.15) is 15.9 Å². The molecule has 1 aromatic heterocycles. The lowest BCUT2D eigenvalue weighted by Crippen LogP contribution is -2.38. The molecule has 1 saturated heterocycles. The normalized spacial score (nSPS) is 15.0. The molecule has 146 valence electrons. The fourth-order valence-corrected chi connectivity index (χ4v) is 3.59. The van der Waals surface area contributed by atoms with Crippen LogP contribution in [0.15, 0.2) is 35.5 Å². The first-order valence-corrected chi connectivity index (χ1v) is 10.0. The topological polar surface area (TPSA) is 111 Å². The molecule has 2 N–H and O–H groups in total. The SMILES string of the molecule is CN(Cc1cnn(C)c1)C(=O)c1cc(S(N)(=O)=O)ccc1N1CCOCC1. The Morgan fingerprint density at radius 3 is 2.63 bits per heavy atom. The van der Waals surface area contributed by atoms with Gasteiger partial charge in [0.15, 0.2) is 0 Å². The van der Waals surface area contributed by atoms with Gasteiger partial charge in [-0.1, -0.05) is 0 Å². The number of carbonyl (C=O) groups excluding carboxylic acids is 1. The lowest BCUT2D eigenvalue weighted by Gasteiger charge is -2.31. The summed E-state index contributed by atoms with van der Waals surface area (Å²) in [6.07, 6.45) is 3.51. The second-order valence-corrected chi connectivity index (χ2v) is 8.07. The number of nitrogens with two attached hydrogens (primary N) is 1. The third kappa shape index (κ3) is 4.46. The molecule has 2 aromatic rings. The lowest BCUT2D eigenvalue weighted by atomic mass is 10.1. The number of nitrogens with zero attached hydrogens (tertiary/aromatic N) is 4. The molecule has 1 fully saturated rings. The molecular weight excluding hydrogens is 370 g/mol. The van der Waals surface area contributed by atoms with Crippen molar-refractivity contribution >= 4 is 21.6 Å². The van der Waals surface area contributed by atoms with Crippen molar-refractivity contribution in [3.8, 4) is 0 Å². The van der Waals surface area contributed by atoms with Crippen LogP contribution in [-0.4, -0.2) is 62.4 Å². The number of hydrogen-bond acceptors (Lipinski definition) is 6. The number of morpholine rings is 1. The van der Waals surface area contributed by atoms with Crippen molar-refractivity contribution in [3.05, 3.63) is 41.7 Å². The first-order chi connectivity index (χ1) is 12.8. The molecule has 2 heterocycles. The lowest BCUT2D eigenvalue weighted by molar-refractivity contribution is 0.0784. The molecule has 0 spiro atoms. The van der Waals surface area contributed by atoms with Gasteiger partial charge in [0.2, 0.25) is 10.0 Å². The predicted molar refractivity (Wildman–Crippen MR) is 99.9 cm³/mol. The van der Waals surface area contributed by atoms with Crippen LogP contribution in [0.25, 0.3) is 0 Å². The van der Waals surface area contributed by atoms with Crippen LogP contribution in [0.3, 0.4) is 0 Å². The van der Waals surface area contributed by atoms with E-state index in [1.54, 1.807) is 31.0 Å². The molecule has 0 aliphatic carbocycles. The number of amides is 1. The average molecular weight is 393 g/mol. The third-order valence-corrected chi connectivity index (χ3v) is 5.31. The van der Waals surface area contributed by atoms with Crippen molar-refractivity contribution < 1.29 is 17.9 Å². The fraction of sp³-hybridized carbons (Fsp3) is 0.412. The Hall–Kier alpha value is -2.43. The molecular formula is C17H23N5O4S. The number of anilines is 1. The summed E-state index contributed by atoms with van der Waals surface area (Å²) in [5, 5.41) is 9.36. The minimum Gasteiger partial charge on any atom is -0.378 e. The van der Waals surface area contributed by atoms with Gasteiger partial charge >= 0.3 is 0 Å². The number of aryl methyl sites for hydroxylation is 1. The highest BCUT2D eigenvalue weighted by Gasteiger charge is 2.24. The van der Waals surface area contributed by atoms with Crippen LogP contribution < -0.4 is 10.0 Å². The quantitative estimate of drug-likeness (QED) is 0.776. The summed E-state index contributed by atoms with van der Waals surface area (Å²) >= 11 is 0. The zero-order valence-electron chi connectivity index (χ0n) is 15.3. The van der Waals surface area contributed by atoms with Crippen molar-refractivity contribution in [3.63, 3.8) is 0 Å². The van der Waals surface area contributed by atoms with E-state index in [4.69, 9.17) is 9.88 Å². The van der Waals surface area contributed by atoms with Crippen molar-refractivity contribution in [2.45, 2.75) is 11.4 Å². The summed E-state index contributed by atoms with van der Waals surface area (Å²) in [6.45, 7) is 2.71. The van der Waals surface area contributed by atoms with Crippen molar-refractivity contribution in [2.75, 3.05) is 38.3 Å². The van der Waals surface area contributed by atoms with E-state index in [0.29, 0.717) is 44.1 Å². The highest BCUT2D eigenvalue weighted by Crippen LogP contribution is 2.26. The molecule has 0 atom stereocenters. The van der Waals surface area contributed by atoms with E-state index in [1.807, 2.05) is 11.1 Å². The molecule has 1 aliphatic rings. The Balaban J connectivity index is 1.95. The third-order valence-electron chi connectivity index (χ3n) is 4.40. The van der Waals surface area contributed by atoms with Crippen LogP contribution in [0.4, 0.5) is 5.69 Å². The monoisotopic (exact) mass is 393 g/mol. The van der Waals surface area contributed by atoms with Gasteiger partial charge < -0.3 is 14.5 Å². The number of sulfonamides is 1. The maximum absolute atomic E-state index is 13.1. The number of benzene rings is 1. The Morgan fingerprint density at radius 1 is 1.33 bits per heavy atom. The van der Waals surface area contributed by atoms with Crippen LogP contribution in [-0.2, 0) is 28.4 Å². The van der Waals surface area contributed by atoms with E-state index in [1.165, 1.54) is 17.0 Å². The van der Waals surface area contributed by atoms with Crippen molar-refractivity contribution in [1.29, 1.82) is 0 Å². The molecule has 27 heavy (non-hydrogen) atoms. The zero-order valence-corrected chi connectivity index (χ0v) is 16.1. The standard InChI is InChI=1S/C17H23N5O4S/c1-20(11-13-10-19-21(2)12-13)17(23)15-9-14(27(18,24)25)3-4-16(15)22-5-7-26-8-6-22/h3-4,9-10,12H,5-8,11H2,1-2H3,(H2,18,24,25). The summed E-state index contributed by atoms with van der Waals surface area (Å²) < 4.78 is 30.6. The van der Waals surface area contributed by atoms with Gasteiger partial charge in [-0.15, -0.1) is 0 Å². The van der Waals surface area contributed by atoms with Crippen molar-refractivity contribution in [1.82, 2.24) is 14.7 Å². The summed E-state index contributed by atoms with van der Waals surface area (Å²) in [6, 6.07) is 4.41. The molecule has 0 bridgehead atoms. The molecule has 10 heteroatoms. The number of aromatic nitrogens is 2. The molecule has 0 saturated carbocycles. The second kappa shape index (κ2) is 7.67. The Kier molecular flexibility index (Phi) is 5.49. The van der Waals surface area contributed by atoms with Gasteiger partial charge in [-0.25, -0.2) is 13.6 Å². The van der Waals surface area contributed by atoms with E-state index in [-0.39, 0.29) is 10.8 Å². The fourth-order valence-electron chi connectivity index (χ4n) is 3.05. The van der Waals surface area contributed by atoms with E-state index in [2.05, 4.69) is 5.10 Å². The molecule has 0 radical (unpaired) electrons. The highest BCUT2D eigenvalue weighted by molar-refractivity contribution is 7.89. The van der Waals surface area contributed by atoms with Gasteiger partial charge in [0, 0.05) is 51.2 Å². The first-order valence-electron chi connectivity index (χ1n) is 8.48. The number of carbonyl (C=O) groups is 1. The smallest absolute Gasteiger partial charge is 0.256 e. The van der Waals surface area contributed by atoms with Crippen LogP contribution in [0.5, 0.6) is 0 Å². The van der Waals surface area contributed by atoms with Gasteiger partial charge in [0.25, 0.3) is 5.91 Å². The number of ether oxygens (including phenoxy) is 1. The number of rotatable bonds is 5. The van der Waals surface area contributed by atoms with E-state index in [0.717, 1.165) is 5.56 Å². The van der Waals surface area contributed by atoms with Crippen molar-refractivity contribution in [2.24, 2.45) is 12.2 Å². The summed E-state index contributed by atoms with van der Waals surface area (Å²) in [5.74, 6) is -0.286. The summed E-state index contributed by atoms with van der Waals surface area (Å²) in [7, 11) is -0.443. The minimum atomic E-state index is -3.91. The number of primary sulfonamides is 1.